The van der Waals surface area contributed by atoms with Gasteiger partial charge in [0.25, 0.3) is 0 Å². The van der Waals surface area contributed by atoms with Gasteiger partial charge in [0.15, 0.2) is 0 Å². The number of hydrogen-bond donors (Lipinski definition) is 1. The van der Waals surface area contributed by atoms with Crippen LogP contribution in [-0.2, 0) is 0 Å². The van der Waals surface area contributed by atoms with E-state index >= 15 is 0 Å². The summed E-state index contributed by atoms with van der Waals surface area (Å²) in [4.78, 5) is 2.62. The molecule has 0 aromatic carbocycles. The van der Waals surface area contributed by atoms with Crippen LogP contribution in [0.25, 0.3) is 0 Å². The first kappa shape index (κ1) is 16.0. The molecule has 0 aliphatic heterocycles. The summed E-state index contributed by atoms with van der Waals surface area (Å²) in [5.41, 5.74) is 6.83. The summed E-state index contributed by atoms with van der Waals surface area (Å²) in [7, 11) is 0. The van der Waals surface area contributed by atoms with Crippen molar-refractivity contribution in [1.29, 1.82) is 0 Å². The minimum Gasteiger partial charge on any atom is -0.327 e. The lowest BCUT2D eigenvalue weighted by Gasteiger charge is -2.44. The van der Waals surface area contributed by atoms with Gasteiger partial charge in [-0.15, -0.1) is 0 Å². The van der Waals surface area contributed by atoms with E-state index in [2.05, 4.69) is 46.4 Å². The van der Waals surface area contributed by atoms with Crippen LogP contribution in [0.2, 0.25) is 0 Å². The fourth-order valence-corrected chi connectivity index (χ4v) is 3.28. The van der Waals surface area contributed by atoms with E-state index in [1.54, 1.807) is 0 Å². The van der Waals surface area contributed by atoms with E-state index in [0.717, 1.165) is 5.92 Å². The molecule has 0 heterocycles. The van der Waals surface area contributed by atoms with Crippen LogP contribution in [0.1, 0.15) is 60.8 Å². The highest BCUT2D eigenvalue weighted by atomic mass is 15.2. The molecule has 2 heteroatoms. The molecule has 2 nitrogen and oxygen atoms in total. The molecule has 1 rings (SSSR count). The monoisotopic (exact) mass is 254 g/mol. The Kier molecular flexibility index (Phi) is 5.67. The SMILES string of the molecule is CC(C)CN(CC1CCCC(C)(C)C1N)C(C)C. The average Bonchev–Trinajstić information content (AvgIpc) is 2.22. The highest BCUT2D eigenvalue weighted by Gasteiger charge is 2.37. The van der Waals surface area contributed by atoms with Crippen LogP contribution in [0, 0.1) is 17.3 Å². The third-order valence-corrected chi connectivity index (χ3v) is 4.61. The molecular weight excluding hydrogens is 220 g/mol. The van der Waals surface area contributed by atoms with Crippen molar-refractivity contribution >= 4 is 0 Å². The second-order valence-corrected chi connectivity index (χ2v) is 7.61. The second-order valence-electron chi connectivity index (χ2n) is 7.61. The summed E-state index contributed by atoms with van der Waals surface area (Å²) in [5.74, 6) is 1.41. The molecule has 2 N–H and O–H groups in total. The summed E-state index contributed by atoms with van der Waals surface area (Å²) in [6, 6.07) is 0.990. The van der Waals surface area contributed by atoms with Crippen LogP contribution in [-0.4, -0.2) is 30.1 Å². The molecule has 0 radical (unpaired) electrons. The molecule has 0 bridgehead atoms. The third kappa shape index (κ3) is 4.24. The molecule has 108 valence electrons. The van der Waals surface area contributed by atoms with E-state index in [0.29, 0.717) is 23.4 Å². The van der Waals surface area contributed by atoms with Gasteiger partial charge < -0.3 is 10.6 Å². The zero-order valence-electron chi connectivity index (χ0n) is 13.4. The van der Waals surface area contributed by atoms with Crippen molar-refractivity contribution in [1.82, 2.24) is 4.90 Å². The summed E-state index contributed by atoms with van der Waals surface area (Å²) < 4.78 is 0. The van der Waals surface area contributed by atoms with Crippen LogP contribution in [0.3, 0.4) is 0 Å². The fraction of sp³-hybridized carbons (Fsp3) is 1.00. The maximum absolute atomic E-state index is 6.51. The lowest BCUT2D eigenvalue weighted by atomic mass is 9.68. The van der Waals surface area contributed by atoms with Crippen LogP contribution in [0.15, 0.2) is 0 Å². The van der Waals surface area contributed by atoms with Crippen molar-refractivity contribution in [2.75, 3.05) is 13.1 Å². The molecule has 1 fully saturated rings. The number of rotatable bonds is 5. The maximum atomic E-state index is 6.51. The normalized spacial score (nSPS) is 28.3. The zero-order valence-corrected chi connectivity index (χ0v) is 13.4. The Morgan fingerprint density at radius 1 is 1.22 bits per heavy atom. The van der Waals surface area contributed by atoms with Gasteiger partial charge in [0.2, 0.25) is 0 Å². The van der Waals surface area contributed by atoms with Gasteiger partial charge in [-0.1, -0.05) is 34.1 Å². The predicted molar refractivity (Wildman–Crippen MR) is 80.6 cm³/mol. The number of nitrogens with two attached hydrogens (primary N) is 1. The topological polar surface area (TPSA) is 29.3 Å². The molecule has 1 aliphatic carbocycles. The van der Waals surface area contributed by atoms with E-state index in [-0.39, 0.29) is 0 Å². The Bertz CT molecular complexity index is 245. The van der Waals surface area contributed by atoms with Crippen molar-refractivity contribution < 1.29 is 0 Å². The van der Waals surface area contributed by atoms with Crippen molar-refractivity contribution in [3.8, 4) is 0 Å². The highest BCUT2D eigenvalue weighted by Crippen LogP contribution is 2.38. The highest BCUT2D eigenvalue weighted by molar-refractivity contribution is 4.92. The van der Waals surface area contributed by atoms with E-state index in [1.807, 2.05) is 0 Å². The molecule has 0 spiro atoms. The number of hydrogen-bond acceptors (Lipinski definition) is 2. The van der Waals surface area contributed by atoms with Crippen molar-refractivity contribution in [2.24, 2.45) is 23.0 Å². The van der Waals surface area contributed by atoms with Crippen LogP contribution in [0.5, 0.6) is 0 Å². The first-order valence-electron chi connectivity index (χ1n) is 7.73. The van der Waals surface area contributed by atoms with Crippen LogP contribution in [0.4, 0.5) is 0 Å². The van der Waals surface area contributed by atoms with Gasteiger partial charge in [0, 0.05) is 25.2 Å². The van der Waals surface area contributed by atoms with Gasteiger partial charge in [0.1, 0.15) is 0 Å². The second kappa shape index (κ2) is 6.38. The Morgan fingerprint density at radius 3 is 2.33 bits per heavy atom. The largest absolute Gasteiger partial charge is 0.327 e. The van der Waals surface area contributed by atoms with Gasteiger partial charge in [-0.3, -0.25) is 0 Å². The quantitative estimate of drug-likeness (QED) is 0.813. The number of nitrogens with zero attached hydrogens (tertiary/aromatic N) is 1. The summed E-state index contributed by atoms with van der Waals surface area (Å²) >= 11 is 0. The average molecular weight is 254 g/mol. The van der Waals surface area contributed by atoms with Gasteiger partial charge in [0.05, 0.1) is 0 Å². The van der Waals surface area contributed by atoms with E-state index in [4.69, 9.17) is 5.73 Å². The molecule has 0 amide bonds. The Labute approximate surface area is 114 Å². The van der Waals surface area contributed by atoms with Gasteiger partial charge in [-0.05, 0) is 43.9 Å². The van der Waals surface area contributed by atoms with Crippen molar-refractivity contribution in [3.05, 3.63) is 0 Å². The fourth-order valence-electron chi connectivity index (χ4n) is 3.28. The Hall–Kier alpha value is -0.0800. The first-order valence-corrected chi connectivity index (χ1v) is 7.73. The van der Waals surface area contributed by atoms with Crippen LogP contribution < -0.4 is 5.73 Å². The Morgan fingerprint density at radius 2 is 1.83 bits per heavy atom. The maximum Gasteiger partial charge on any atom is 0.0131 e. The molecule has 1 aliphatic rings. The molecular formula is C16H34N2. The lowest BCUT2D eigenvalue weighted by molar-refractivity contribution is 0.0842. The summed E-state index contributed by atoms with van der Waals surface area (Å²) in [6.45, 7) is 16.3. The minimum atomic E-state index is 0.323. The third-order valence-electron chi connectivity index (χ3n) is 4.61. The Balaban J connectivity index is 2.62. The molecule has 1 saturated carbocycles. The van der Waals surface area contributed by atoms with Gasteiger partial charge in [-0.2, -0.15) is 0 Å². The van der Waals surface area contributed by atoms with E-state index in [9.17, 15) is 0 Å². The van der Waals surface area contributed by atoms with Gasteiger partial charge in [-0.25, -0.2) is 0 Å². The lowest BCUT2D eigenvalue weighted by Crippen LogP contribution is -2.51. The van der Waals surface area contributed by atoms with Crippen molar-refractivity contribution in [2.45, 2.75) is 72.9 Å². The smallest absolute Gasteiger partial charge is 0.0131 e. The zero-order chi connectivity index (χ0) is 13.9. The summed E-state index contributed by atoms with van der Waals surface area (Å²) in [5, 5.41) is 0. The minimum absolute atomic E-state index is 0.323. The standard InChI is InChI=1S/C16H34N2/c1-12(2)10-18(13(3)4)11-14-8-7-9-16(5,6)15(14)17/h12-15H,7-11,17H2,1-6H3. The first-order chi connectivity index (χ1) is 8.24. The molecule has 2 atom stereocenters. The van der Waals surface area contributed by atoms with Crippen LogP contribution >= 0.6 is 0 Å². The van der Waals surface area contributed by atoms with Crippen molar-refractivity contribution in [3.63, 3.8) is 0 Å². The molecule has 0 aromatic rings. The van der Waals surface area contributed by atoms with E-state index in [1.165, 1.54) is 32.4 Å². The van der Waals surface area contributed by atoms with Gasteiger partial charge >= 0.3 is 0 Å². The molecule has 0 aromatic heterocycles. The summed E-state index contributed by atoms with van der Waals surface area (Å²) in [6.07, 6.45) is 3.95. The molecule has 0 saturated heterocycles. The van der Waals surface area contributed by atoms with E-state index < -0.39 is 0 Å². The molecule has 2 unspecified atom stereocenters. The molecule has 18 heavy (non-hydrogen) atoms. The predicted octanol–water partition coefficient (Wildman–Crippen LogP) is 3.51.